The van der Waals surface area contributed by atoms with Crippen LogP contribution in [0.25, 0.3) is 0 Å². The largest absolute Gasteiger partial charge is 0.377 e. The average Bonchev–Trinajstić information content (AvgIpc) is 2.79. The molecule has 80 valence electrons. The molecule has 5 heteroatoms. The number of anilines is 1. The predicted molar refractivity (Wildman–Crippen MR) is 62.1 cm³/mol. The zero-order chi connectivity index (χ0) is 11.4. The Labute approximate surface area is 97.9 Å². The van der Waals surface area contributed by atoms with Gasteiger partial charge in [0, 0.05) is 12.4 Å². The second-order valence-electron chi connectivity index (χ2n) is 3.16. The number of rotatable bonds is 3. The molecule has 0 radical (unpaired) electrons. The number of hydrogen-bond acceptors (Lipinski definition) is 3. The van der Waals surface area contributed by atoms with Crippen molar-refractivity contribution in [3.63, 3.8) is 0 Å². The third-order valence-electron chi connectivity index (χ3n) is 2.13. The molecule has 0 amide bonds. The Balaban J connectivity index is 2.16. The van der Waals surface area contributed by atoms with E-state index in [0.717, 1.165) is 5.82 Å². The highest BCUT2D eigenvalue weighted by Gasteiger charge is 2.05. The molecule has 1 aromatic heterocycles. The van der Waals surface area contributed by atoms with Crippen LogP contribution in [0.15, 0.2) is 30.6 Å². The molecule has 2 aromatic rings. The lowest BCUT2D eigenvalue weighted by Gasteiger charge is -2.07. The van der Waals surface area contributed by atoms with Crippen molar-refractivity contribution in [3.8, 4) is 6.07 Å². The minimum absolute atomic E-state index is 0.451. The van der Waals surface area contributed by atoms with Gasteiger partial charge in [-0.15, -0.1) is 0 Å². The van der Waals surface area contributed by atoms with Crippen LogP contribution in [0.3, 0.4) is 0 Å². The van der Waals surface area contributed by atoms with E-state index in [1.807, 2.05) is 6.07 Å². The van der Waals surface area contributed by atoms with Gasteiger partial charge in [-0.3, -0.25) is 0 Å². The molecule has 0 unspecified atom stereocenters. The van der Waals surface area contributed by atoms with Crippen LogP contribution < -0.4 is 5.32 Å². The molecule has 0 saturated heterocycles. The number of hydrogen-bond donors (Lipinski definition) is 2. The van der Waals surface area contributed by atoms with Crippen LogP contribution in [0.5, 0.6) is 0 Å². The summed E-state index contributed by atoms with van der Waals surface area (Å²) in [5.74, 6) is 0.809. The zero-order valence-electron chi connectivity index (χ0n) is 8.37. The van der Waals surface area contributed by atoms with E-state index < -0.39 is 0 Å². The van der Waals surface area contributed by atoms with Crippen LogP contribution in [-0.2, 0) is 6.54 Å². The second-order valence-corrected chi connectivity index (χ2v) is 3.57. The quantitative estimate of drug-likeness (QED) is 0.855. The van der Waals surface area contributed by atoms with Crippen molar-refractivity contribution in [2.75, 3.05) is 5.32 Å². The maximum atomic E-state index is 8.96. The molecule has 0 saturated carbocycles. The number of nitrogens with one attached hydrogen (secondary N) is 2. The summed E-state index contributed by atoms with van der Waals surface area (Å²) in [4.78, 5) is 7.05. The van der Waals surface area contributed by atoms with Crippen LogP contribution in [0.2, 0.25) is 5.02 Å². The first-order valence-electron chi connectivity index (χ1n) is 4.72. The molecule has 0 atom stereocenters. The number of nitrogens with zero attached hydrogens (tertiary/aromatic N) is 2. The maximum absolute atomic E-state index is 8.96. The van der Waals surface area contributed by atoms with Gasteiger partial charge < -0.3 is 10.3 Å². The maximum Gasteiger partial charge on any atom is 0.125 e. The third kappa shape index (κ3) is 2.15. The van der Waals surface area contributed by atoms with E-state index in [-0.39, 0.29) is 0 Å². The Kier molecular flexibility index (Phi) is 3.08. The summed E-state index contributed by atoms with van der Waals surface area (Å²) in [6, 6.07) is 7.37. The van der Waals surface area contributed by atoms with Gasteiger partial charge in [-0.2, -0.15) is 5.26 Å². The monoisotopic (exact) mass is 232 g/mol. The molecule has 1 heterocycles. The normalized spacial score (nSPS) is 9.75. The lowest BCUT2D eigenvalue weighted by atomic mass is 10.2. The van der Waals surface area contributed by atoms with Crippen LogP contribution in [-0.4, -0.2) is 9.97 Å². The summed E-state index contributed by atoms with van der Waals surface area (Å²) >= 11 is 5.90. The first kappa shape index (κ1) is 10.5. The van der Waals surface area contributed by atoms with Gasteiger partial charge in [0.1, 0.15) is 11.9 Å². The van der Waals surface area contributed by atoms with Crippen molar-refractivity contribution in [1.82, 2.24) is 9.97 Å². The summed E-state index contributed by atoms with van der Waals surface area (Å²) in [5, 5.41) is 12.5. The van der Waals surface area contributed by atoms with E-state index >= 15 is 0 Å². The van der Waals surface area contributed by atoms with Gasteiger partial charge in [0.15, 0.2) is 0 Å². The number of imidazole rings is 1. The molecule has 2 rings (SSSR count). The minimum Gasteiger partial charge on any atom is -0.377 e. The Bertz CT molecular complexity index is 513. The van der Waals surface area contributed by atoms with E-state index in [2.05, 4.69) is 21.4 Å². The molecule has 0 aliphatic heterocycles. The van der Waals surface area contributed by atoms with Gasteiger partial charge in [0.2, 0.25) is 0 Å². The average molecular weight is 233 g/mol. The fraction of sp³-hybridized carbons (Fsp3) is 0.0909. The first-order chi connectivity index (χ1) is 7.81. The van der Waals surface area contributed by atoms with E-state index in [9.17, 15) is 0 Å². The molecule has 0 fully saturated rings. The number of benzene rings is 1. The fourth-order valence-electron chi connectivity index (χ4n) is 1.36. The van der Waals surface area contributed by atoms with Crippen LogP contribution in [0.4, 0.5) is 5.69 Å². The molecule has 16 heavy (non-hydrogen) atoms. The Morgan fingerprint density at radius 3 is 3.06 bits per heavy atom. The highest BCUT2D eigenvalue weighted by atomic mass is 35.5. The van der Waals surface area contributed by atoms with E-state index in [1.54, 1.807) is 24.5 Å². The molecular weight excluding hydrogens is 224 g/mol. The van der Waals surface area contributed by atoms with Crippen molar-refractivity contribution < 1.29 is 0 Å². The summed E-state index contributed by atoms with van der Waals surface area (Å²) in [5.41, 5.74) is 1.17. The third-order valence-corrected chi connectivity index (χ3v) is 2.44. The van der Waals surface area contributed by atoms with Crippen molar-refractivity contribution in [1.29, 1.82) is 5.26 Å². The van der Waals surface area contributed by atoms with E-state index in [4.69, 9.17) is 16.9 Å². The topological polar surface area (TPSA) is 64.5 Å². The summed E-state index contributed by atoms with van der Waals surface area (Å²) in [6.45, 7) is 0.530. The van der Waals surface area contributed by atoms with Gasteiger partial charge in [-0.05, 0) is 12.1 Å². The van der Waals surface area contributed by atoms with Gasteiger partial charge in [0.05, 0.1) is 22.8 Å². The van der Waals surface area contributed by atoms with Gasteiger partial charge in [0.25, 0.3) is 0 Å². The SMILES string of the molecule is N#Cc1c(Cl)cccc1NCc1ncc[nH]1. The van der Waals surface area contributed by atoms with Crippen molar-refractivity contribution in [2.24, 2.45) is 0 Å². The van der Waals surface area contributed by atoms with E-state index in [1.165, 1.54) is 0 Å². The Morgan fingerprint density at radius 2 is 2.38 bits per heavy atom. The van der Waals surface area contributed by atoms with Crippen LogP contribution in [0, 0.1) is 11.3 Å². The summed E-state index contributed by atoms with van der Waals surface area (Å²) < 4.78 is 0. The smallest absolute Gasteiger partial charge is 0.125 e. The second kappa shape index (κ2) is 4.69. The molecular formula is C11H9ClN4. The number of nitriles is 1. The van der Waals surface area contributed by atoms with Gasteiger partial charge in [-0.25, -0.2) is 4.98 Å². The lowest BCUT2D eigenvalue weighted by Crippen LogP contribution is -2.02. The zero-order valence-corrected chi connectivity index (χ0v) is 9.12. The van der Waals surface area contributed by atoms with Crippen LogP contribution >= 0.6 is 11.6 Å². The standard InChI is InChI=1S/C11H9ClN4/c12-9-2-1-3-10(8(9)6-13)16-7-11-14-4-5-15-11/h1-5,16H,7H2,(H,14,15). The summed E-state index contributed by atoms with van der Waals surface area (Å²) in [6.07, 6.45) is 3.43. The van der Waals surface area contributed by atoms with Gasteiger partial charge >= 0.3 is 0 Å². The van der Waals surface area contributed by atoms with Crippen molar-refractivity contribution in [3.05, 3.63) is 47.0 Å². The Morgan fingerprint density at radius 1 is 1.50 bits per heavy atom. The molecule has 0 bridgehead atoms. The highest BCUT2D eigenvalue weighted by Crippen LogP contribution is 2.23. The lowest BCUT2D eigenvalue weighted by molar-refractivity contribution is 0.999. The minimum atomic E-state index is 0.451. The number of H-pyrrole nitrogens is 1. The first-order valence-corrected chi connectivity index (χ1v) is 5.10. The molecule has 2 N–H and O–H groups in total. The van der Waals surface area contributed by atoms with Crippen molar-refractivity contribution >= 4 is 17.3 Å². The van der Waals surface area contributed by atoms with Crippen molar-refractivity contribution in [2.45, 2.75) is 6.54 Å². The molecule has 1 aromatic carbocycles. The number of aromatic amines is 1. The number of aromatic nitrogens is 2. The fourth-order valence-corrected chi connectivity index (χ4v) is 1.58. The van der Waals surface area contributed by atoms with Crippen LogP contribution in [0.1, 0.15) is 11.4 Å². The predicted octanol–water partition coefficient (Wildman–Crippen LogP) is 2.55. The Hall–Kier alpha value is -1.99. The molecule has 4 nitrogen and oxygen atoms in total. The molecule has 0 spiro atoms. The summed E-state index contributed by atoms with van der Waals surface area (Å²) in [7, 11) is 0. The molecule has 0 aliphatic rings. The number of halogens is 1. The molecule has 0 aliphatic carbocycles. The van der Waals surface area contributed by atoms with Gasteiger partial charge in [-0.1, -0.05) is 17.7 Å². The van der Waals surface area contributed by atoms with E-state index in [0.29, 0.717) is 22.8 Å². The highest BCUT2D eigenvalue weighted by molar-refractivity contribution is 6.32.